The van der Waals surface area contributed by atoms with Gasteiger partial charge in [0, 0.05) is 23.0 Å². The van der Waals surface area contributed by atoms with Gasteiger partial charge >= 0.3 is 0 Å². The van der Waals surface area contributed by atoms with E-state index in [1.807, 2.05) is 6.07 Å². The first kappa shape index (κ1) is 11.4. The van der Waals surface area contributed by atoms with Gasteiger partial charge in [-0.3, -0.25) is 0 Å². The minimum atomic E-state index is -0.479. The Bertz CT molecular complexity index is 529. The third kappa shape index (κ3) is 2.20. The van der Waals surface area contributed by atoms with Crippen molar-refractivity contribution in [3.05, 3.63) is 42.3 Å². The Morgan fingerprint density at radius 3 is 2.71 bits per heavy atom. The van der Waals surface area contributed by atoms with Crippen LogP contribution in [-0.4, -0.2) is 11.6 Å². The van der Waals surface area contributed by atoms with Crippen molar-refractivity contribution < 1.29 is 9.13 Å². The Morgan fingerprint density at radius 2 is 2.00 bits per heavy atom. The number of ether oxygens (including phenoxy) is 1. The minimum absolute atomic E-state index is 0.00764. The average molecular weight is 232 g/mol. The fourth-order valence-electron chi connectivity index (χ4n) is 1.61. The third-order valence-electron chi connectivity index (χ3n) is 2.39. The van der Waals surface area contributed by atoms with Crippen molar-refractivity contribution in [2.45, 2.75) is 6.92 Å². The number of halogens is 1. The van der Waals surface area contributed by atoms with Gasteiger partial charge in [-0.1, -0.05) is 18.2 Å². The van der Waals surface area contributed by atoms with E-state index in [-0.39, 0.29) is 5.88 Å². The Balaban J connectivity index is 2.53. The lowest BCUT2D eigenvalue weighted by molar-refractivity contribution is 0.308. The molecule has 4 heteroatoms. The van der Waals surface area contributed by atoms with Crippen LogP contribution in [0.1, 0.15) is 6.92 Å². The molecule has 1 heterocycles. The molecule has 0 amide bonds. The van der Waals surface area contributed by atoms with Crippen LogP contribution < -0.4 is 10.5 Å². The zero-order valence-electron chi connectivity index (χ0n) is 9.48. The monoisotopic (exact) mass is 232 g/mol. The zero-order valence-corrected chi connectivity index (χ0v) is 9.48. The molecule has 0 fully saturated rings. The van der Waals surface area contributed by atoms with Gasteiger partial charge in [0.25, 0.3) is 5.88 Å². The van der Waals surface area contributed by atoms with Gasteiger partial charge < -0.3 is 10.5 Å². The third-order valence-corrected chi connectivity index (χ3v) is 2.39. The van der Waals surface area contributed by atoms with Crippen molar-refractivity contribution in [1.82, 2.24) is 4.98 Å². The fourth-order valence-corrected chi connectivity index (χ4v) is 1.61. The van der Waals surface area contributed by atoms with Gasteiger partial charge in [0.1, 0.15) is 0 Å². The Labute approximate surface area is 99.1 Å². The van der Waals surface area contributed by atoms with Gasteiger partial charge in [0.2, 0.25) is 0 Å². The second kappa shape index (κ2) is 4.82. The molecule has 0 aliphatic heterocycles. The molecule has 0 bridgehead atoms. The molecule has 0 aliphatic rings. The van der Waals surface area contributed by atoms with Gasteiger partial charge in [-0.15, -0.1) is 0 Å². The van der Waals surface area contributed by atoms with Crippen molar-refractivity contribution in [3.8, 4) is 17.0 Å². The van der Waals surface area contributed by atoms with Crippen molar-refractivity contribution in [1.29, 1.82) is 0 Å². The van der Waals surface area contributed by atoms with Crippen molar-refractivity contribution >= 4 is 5.69 Å². The van der Waals surface area contributed by atoms with E-state index in [1.54, 1.807) is 31.2 Å². The van der Waals surface area contributed by atoms with E-state index in [2.05, 4.69) is 4.98 Å². The average Bonchev–Trinajstić information content (AvgIpc) is 2.33. The molecule has 0 saturated heterocycles. The number of nitrogens with two attached hydrogens (primary N) is 1. The molecule has 88 valence electrons. The topological polar surface area (TPSA) is 48.1 Å². The summed E-state index contributed by atoms with van der Waals surface area (Å²) < 4.78 is 19.2. The van der Waals surface area contributed by atoms with Crippen LogP contribution in [0.4, 0.5) is 10.1 Å². The molecule has 2 aromatic rings. The standard InChI is InChI=1S/C13H13FN2O/c1-2-17-13-12(14)10(7-8-16-13)9-5-3-4-6-11(9)15/h3-8H,2,15H2,1H3. The lowest BCUT2D eigenvalue weighted by atomic mass is 10.0. The van der Waals surface area contributed by atoms with Gasteiger partial charge in [-0.2, -0.15) is 0 Å². The number of benzene rings is 1. The number of aromatic nitrogens is 1. The number of rotatable bonds is 3. The molecular formula is C13H13FN2O. The normalized spacial score (nSPS) is 10.2. The number of hydrogen-bond donors (Lipinski definition) is 1. The number of anilines is 1. The second-order valence-electron chi connectivity index (χ2n) is 3.50. The molecule has 0 unspecified atom stereocenters. The van der Waals surface area contributed by atoms with Crippen LogP contribution in [0.15, 0.2) is 36.5 Å². The molecule has 17 heavy (non-hydrogen) atoms. The van der Waals surface area contributed by atoms with Crippen LogP contribution in [0.5, 0.6) is 5.88 Å². The largest absolute Gasteiger partial charge is 0.476 e. The summed E-state index contributed by atoms with van der Waals surface area (Å²) >= 11 is 0. The molecule has 0 spiro atoms. The molecule has 0 radical (unpaired) electrons. The Kier molecular flexibility index (Phi) is 3.23. The summed E-state index contributed by atoms with van der Waals surface area (Å²) in [5.41, 5.74) is 7.40. The first-order valence-electron chi connectivity index (χ1n) is 5.36. The van der Waals surface area contributed by atoms with Crippen LogP contribution in [0.3, 0.4) is 0 Å². The molecule has 2 N–H and O–H groups in total. The first-order chi connectivity index (χ1) is 8.24. The van der Waals surface area contributed by atoms with Gasteiger partial charge in [-0.25, -0.2) is 9.37 Å². The molecule has 0 aliphatic carbocycles. The summed E-state index contributed by atoms with van der Waals surface area (Å²) in [6.07, 6.45) is 1.51. The van der Waals surface area contributed by atoms with Gasteiger partial charge in [0.05, 0.1) is 6.61 Å². The summed E-state index contributed by atoms with van der Waals surface area (Å²) in [5.74, 6) is -0.472. The van der Waals surface area contributed by atoms with E-state index in [4.69, 9.17) is 10.5 Å². The maximum absolute atomic E-state index is 14.1. The second-order valence-corrected chi connectivity index (χ2v) is 3.50. The highest BCUT2D eigenvalue weighted by atomic mass is 19.1. The highest BCUT2D eigenvalue weighted by Gasteiger charge is 2.13. The van der Waals surface area contributed by atoms with Crippen molar-refractivity contribution in [2.75, 3.05) is 12.3 Å². The summed E-state index contributed by atoms with van der Waals surface area (Å²) in [7, 11) is 0. The van der Waals surface area contributed by atoms with E-state index < -0.39 is 5.82 Å². The van der Waals surface area contributed by atoms with Crippen LogP contribution in [0.2, 0.25) is 0 Å². The number of para-hydroxylation sites is 1. The van der Waals surface area contributed by atoms with Crippen molar-refractivity contribution in [3.63, 3.8) is 0 Å². The van der Waals surface area contributed by atoms with Gasteiger partial charge in [0.15, 0.2) is 5.82 Å². The maximum atomic E-state index is 14.1. The van der Waals surface area contributed by atoms with E-state index in [0.717, 1.165) is 0 Å². The number of pyridine rings is 1. The fraction of sp³-hybridized carbons (Fsp3) is 0.154. The van der Waals surface area contributed by atoms with Crippen LogP contribution in [0.25, 0.3) is 11.1 Å². The molecule has 3 nitrogen and oxygen atoms in total. The van der Waals surface area contributed by atoms with E-state index in [1.165, 1.54) is 6.20 Å². The highest BCUT2D eigenvalue weighted by Crippen LogP contribution is 2.30. The van der Waals surface area contributed by atoms with Crippen LogP contribution in [0, 0.1) is 5.82 Å². The first-order valence-corrected chi connectivity index (χ1v) is 5.36. The molecule has 0 saturated carbocycles. The number of nitrogens with zero attached hydrogens (tertiary/aromatic N) is 1. The summed E-state index contributed by atoms with van der Waals surface area (Å²) in [4.78, 5) is 3.85. The lowest BCUT2D eigenvalue weighted by Crippen LogP contribution is -2.00. The maximum Gasteiger partial charge on any atom is 0.251 e. The van der Waals surface area contributed by atoms with Gasteiger partial charge in [-0.05, 0) is 19.1 Å². The number of nitrogen functional groups attached to an aromatic ring is 1. The smallest absolute Gasteiger partial charge is 0.251 e. The summed E-state index contributed by atoms with van der Waals surface area (Å²) in [5, 5.41) is 0. The number of hydrogen-bond acceptors (Lipinski definition) is 3. The molecule has 0 atom stereocenters. The van der Waals surface area contributed by atoms with E-state index >= 15 is 0 Å². The Morgan fingerprint density at radius 1 is 1.24 bits per heavy atom. The molecule has 1 aromatic carbocycles. The molecule has 2 rings (SSSR count). The van der Waals surface area contributed by atoms with Crippen molar-refractivity contribution in [2.24, 2.45) is 0 Å². The molecular weight excluding hydrogens is 219 g/mol. The molecule has 1 aromatic heterocycles. The highest BCUT2D eigenvalue weighted by molar-refractivity contribution is 5.76. The SMILES string of the molecule is CCOc1nccc(-c2ccccc2N)c1F. The zero-order chi connectivity index (χ0) is 12.3. The van der Waals surface area contributed by atoms with E-state index in [9.17, 15) is 4.39 Å². The summed E-state index contributed by atoms with van der Waals surface area (Å²) in [6, 6.07) is 8.70. The predicted octanol–water partition coefficient (Wildman–Crippen LogP) is 2.87. The summed E-state index contributed by atoms with van der Waals surface area (Å²) in [6.45, 7) is 2.16. The quantitative estimate of drug-likeness (QED) is 0.828. The van der Waals surface area contributed by atoms with E-state index in [0.29, 0.717) is 23.4 Å². The lowest BCUT2D eigenvalue weighted by Gasteiger charge is -2.09. The Hall–Kier alpha value is -2.10. The minimum Gasteiger partial charge on any atom is -0.476 e. The van der Waals surface area contributed by atoms with Crippen LogP contribution in [-0.2, 0) is 0 Å². The van der Waals surface area contributed by atoms with Crippen LogP contribution >= 0.6 is 0 Å². The predicted molar refractivity (Wildman–Crippen MR) is 65.2 cm³/mol.